The van der Waals surface area contributed by atoms with Crippen molar-refractivity contribution in [3.05, 3.63) is 24.0 Å². The first-order valence-electron chi connectivity index (χ1n) is 5.99. The lowest BCUT2D eigenvalue weighted by molar-refractivity contribution is 0.105. The molecule has 0 unspecified atom stereocenters. The maximum absolute atomic E-state index is 9.36. The molecule has 0 saturated heterocycles. The van der Waals surface area contributed by atoms with Gasteiger partial charge in [0.1, 0.15) is 5.82 Å². The van der Waals surface area contributed by atoms with Crippen molar-refractivity contribution < 1.29 is 10.2 Å². The fourth-order valence-electron chi connectivity index (χ4n) is 1.64. The number of aliphatic hydroxyl groups is 2. The number of rotatable bonds is 5. The van der Waals surface area contributed by atoms with Crippen molar-refractivity contribution >= 4 is 11.5 Å². The molecule has 0 aromatic carbocycles. The summed E-state index contributed by atoms with van der Waals surface area (Å²) >= 11 is 0. The quantitative estimate of drug-likeness (QED) is 0.724. The summed E-state index contributed by atoms with van der Waals surface area (Å²) in [6.07, 6.45) is 0.895. The second kappa shape index (κ2) is 5.32. The van der Waals surface area contributed by atoms with E-state index in [4.69, 9.17) is 5.11 Å². The van der Waals surface area contributed by atoms with E-state index in [0.717, 1.165) is 17.2 Å². The van der Waals surface area contributed by atoms with Crippen LogP contribution in [0.25, 0.3) is 5.65 Å². The number of hydrogen-bond donors (Lipinski definition) is 3. The molecule has 6 nitrogen and oxygen atoms in total. The molecule has 98 valence electrons. The van der Waals surface area contributed by atoms with Crippen molar-refractivity contribution in [3.63, 3.8) is 0 Å². The topological polar surface area (TPSA) is 82.7 Å². The van der Waals surface area contributed by atoms with Crippen LogP contribution in [-0.2, 0) is 0 Å². The highest BCUT2D eigenvalue weighted by atomic mass is 16.3. The van der Waals surface area contributed by atoms with Gasteiger partial charge < -0.3 is 15.5 Å². The van der Waals surface area contributed by atoms with E-state index in [1.165, 1.54) is 0 Å². The lowest BCUT2D eigenvalue weighted by atomic mass is 10.1. The molecular weight excluding hydrogens is 232 g/mol. The van der Waals surface area contributed by atoms with E-state index in [1.807, 2.05) is 12.1 Å². The Kier molecular flexibility index (Phi) is 3.78. The Hall–Kier alpha value is -1.66. The second-order valence-corrected chi connectivity index (χ2v) is 4.54. The molecule has 0 saturated carbocycles. The van der Waals surface area contributed by atoms with Crippen molar-refractivity contribution in [1.82, 2.24) is 14.6 Å². The summed E-state index contributed by atoms with van der Waals surface area (Å²) in [5.74, 6) is 1.08. The molecule has 0 spiro atoms. The molecule has 2 aromatic heterocycles. The highest BCUT2D eigenvalue weighted by molar-refractivity contribution is 5.49. The van der Waals surface area contributed by atoms with Gasteiger partial charge in [0.15, 0.2) is 5.65 Å². The van der Waals surface area contributed by atoms with Crippen LogP contribution in [0.15, 0.2) is 18.3 Å². The molecule has 3 N–H and O–H groups in total. The van der Waals surface area contributed by atoms with E-state index in [0.29, 0.717) is 5.92 Å². The fraction of sp³-hybridized carbons (Fsp3) is 0.500. The summed E-state index contributed by atoms with van der Waals surface area (Å²) in [4.78, 5) is 4.49. The molecule has 2 heterocycles. The minimum atomic E-state index is -0.786. The predicted octanol–water partition coefficient (Wildman–Crippen LogP) is 0.618. The Morgan fingerprint density at radius 1 is 1.44 bits per heavy atom. The maximum atomic E-state index is 9.36. The van der Waals surface area contributed by atoms with E-state index in [-0.39, 0.29) is 13.2 Å². The Morgan fingerprint density at radius 2 is 2.22 bits per heavy atom. The first kappa shape index (κ1) is 12.8. The normalized spacial score (nSPS) is 13.2. The maximum Gasteiger partial charge on any atom is 0.157 e. The molecule has 0 amide bonds. The summed E-state index contributed by atoms with van der Waals surface area (Å²) in [6, 6.07) is 3.74. The summed E-state index contributed by atoms with van der Waals surface area (Å²) in [7, 11) is 0. The molecule has 0 fully saturated rings. The predicted molar refractivity (Wildman–Crippen MR) is 68.7 cm³/mol. The lowest BCUT2D eigenvalue weighted by Crippen LogP contribution is -2.24. The molecule has 0 aliphatic carbocycles. The molecule has 6 heteroatoms. The summed E-state index contributed by atoms with van der Waals surface area (Å²) in [5, 5.41) is 25.4. The molecular formula is C12H18N4O2. The number of aliphatic hydroxyl groups excluding tert-OH is 2. The molecule has 0 aliphatic rings. The standard InChI is InChI=1S/C12H18N4O2/c1-8(2)10-5-12(13-6-9(18)7-17)16-11(15-10)3-4-14-16/h3-5,8-9,13,17-18H,6-7H2,1-2H3/t9-/m1/s1. The van der Waals surface area contributed by atoms with E-state index >= 15 is 0 Å². The Balaban J connectivity index is 2.31. The van der Waals surface area contributed by atoms with Crippen molar-refractivity contribution in [1.29, 1.82) is 0 Å². The number of aromatic nitrogens is 3. The third kappa shape index (κ3) is 2.60. The van der Waals surface area contributed by atoms with Crippen molar-refractivity contribution in [2.45, 2.75) is 25.9 Å². The van der Waals surface area contributed by atoms with Gasteiger partial charge in [-0.3, -0.25) is 0 Å². The van der Waals surface area contributed by atoms with Gasteiger partial charge in [-0.1, -0.05) is 13.8 Å². The first-order valence-corrected chi connectivity index (χ1v) is 5.99. The summed E-state index contributed by atoms with van der Waals surface area (Å²) < 4.78 is 1.68. The number of nitrogens with one attached hydrogen (secondary N) is 1. The van der Waals surface area contributed by atoms with Gasteiger partial charge in [0, 0.05) is 24.4 Å². The van der Waals surface area contributed by atoms with E-state index in [9.17, 15) is 5.11 Å². The zero-order valence-corrected chi connectivity index (χ0v) is 10.5. The number of fused-ring (bicyclic) bond motifs is 1. The van der Waals surface area contributed by atoms with Crippen LogP contribution < -0.4 is 5.32 Å². The molecule has 0 bridgehead atoms. The van der Waals surface area contributed by atoms with Gasteiger partial charge in [-0.25, -0.2) is 4.98 Å². The molecule has 0 aliphatic heterocycles. The third-order valence-electron chi connectivity index (χ3n) is 2.70. The first-order chi connectivity index (χ1) is 8.61. The van der Waals surface area contributed by atoms with Crippen LogP contribution in [-0.4, -0.2) is 44.1 Å². The molecule has 0 radical (unpaired) electrons. The molecule has 2 rings (SSSR count). The van der Waals surface area contributed by atoms with Crippen LogP contribution in [0.5, 0.6) is 0 Å². The molecule has 1 atom stereocenters. The average molecular weight is 250 g/mol. The van der Waals surface area contributed by atoms with Crippen LogP contribution in [0, 0.1) is 0 Å². The highest BCUT2D eigenvalue weighted by Crippen LogP contribution is 2.18. The summed E-state index contributed by atoms with van der Waals surface area (Å²) in [5.41, 5.74) is 1.73. The fourth-order valence-corrected chi connectivity index (χ4v) is 1.64. The molecule has 18 heavy (non-hydrogen) atoms. The Morgan fingerprint density at radius 3 is 2.89 bits per heavy atom. The van der Waals surface area contributed by atoms with E-state index in [2.05, 4.69) is 29.2 Å². The Labute approximate surface area is 105 Å². The second-order valence-electron chi connectivity index (χ2n) is 4.54. The van der Waals surface area contributed by atoms with Gasteiger partial charge in [0.25, 0.3) is 0 Å². The van der Waals surface area contributed by atoms with Gasteiger partial charge in [0.2, 0.25) is 0 Å². The van der Waals surface area contributed by atoms with Crippen LogP contribution >= 0.6 is 0 Å². The monoisotopic (exact) mass is 250 g/mol. The Bertz CT molecular complexity index is 524. The zero-order chi connectivity index (χ0) is 13.1. The highest BCUT2D eigenvalue weighted by Gasteiger charge is 2.10. The van der Waals surface area contributed by atoms with Gasteiger partial charge in [-0.05, 0) is 5.92 Å². The SMILES string of the molecule is CC(C)c1cc(NC[C@@H](O)CO)n2nccc2n1. The average Bonchev–Trinajstić information content (AvgIpc) is 2.83. The largest absolute Gasteiger partial charge is 0.394 e. The van der Waals surface area contributed by atoms with Gasteiger partial charge in [0.05, 0.1) is 18.9 Å². The van der Waals surface area contributed by atoms with Crippen LogP contribution in [0.2, 0.25) is 0 Å². The van der Waals surface area contributed by atoms with Crippen molar-refractivity contribution in [3.8, 4) is 0 Å². The minimum Gasteiger partial charge on any atom is -0.394 e. The number of nitrogens with zero attached hydrogens (tertiary/aromatic N) is 3. The number of anilines is 1. The van der Waals surface area contributed by atoms with Gasteiger partial charge in [-0.15, -0.1) is 0 Å². The summed E-state index contributed by atoms with van der Waals surface area (Å²) in [6.45, 7) is 4.15. The molecule has 2 aromatic rings. The van der Waals surface area contributed by atoms with E-state index in [1.54, 1.807) is 10.7 Å². The van der Waals surface area contributed by atoms with Crippen LogP contribution in [0.3, 0.4) is 0 Å². The van der Waals surface area contributed by atoms with Crippen molar-refractivity contribution in [2.24, 2.45) is 0 Å². The van der Waals surface area contributed by atoms with Gasteiger partial charge in [-0.2, -0.15) is 9.61 Å². The zero-order valence-electron chi connectivity index (χ0n) is 10.5. The third-order valence-corrected chi connectivity index (χ3v) is 2.70. The smallest absolute Gasteiger partial charge is 0.157 e. The minimum absolute atomic E-state index is 0.266. The number of hydrogen-bond acceptors (Lipinski definition) is 5. The van der Waals surface area contributed by atoms with Crippen LogP contribution in [0.1, 0.15) is 25.5 Å². The van der Waals surface area contributed by atoms with E-state index < -0.39 is 6.10 Å². The van der Waals surface area contributed by atoms with Gasteiger partial charge >= 0.3 is 0 Å². The van der Waals surface area contributed by atoms with Crippen molar-refractivity contribution in [2.75, 3.05) is 18.5 Å². The lowest BCUT2D eigenvalue weighted by Gasteiger charge is -2.13. The van der Waals surface area contributed by atoms with Crippen LogP contribution in [0.4, 0.5) is 5.82 Å².